The van der Waals surface area contributed by atoms with Crippen LogP contribution in [-0.4, -0.2) is 11.7 Å². The fourth-order valence-electron chi connectivity index (χ4n) is 1.62. The van der Waals surface area contributed by atoms with Crippen molar-refractivity contribution in [2.75, 3.05) is 6.61 Å². The van der Waals surface area contributed by atoms with E-state index in [4.69, 9.17) is 9.84 Å². The van der Waals surface area contributed by atoms with E-state index in [9.17, 15) is 0 Å². The molecule has 0 saturated heterocycles. The Morgan fingerprint density at radius 3 is 2.69 bits per heavy atom. The zero-order valence-electron chi connectivity index (χ0n) is 9.02. The first-order chi connectivity index (χ1) is 7.83. The van der Waals surface area contributed by atoms with Gasteiger partial charge in [-0.15, -0.1) is 0 Å². The highest BCUT2D eigenvalue weighted by Crippen LogP contribution is 2.22. The van der Waals surface area contributed by atoms with Gasteiger partial charge in [0.25, 0.3) is 0 Å². The molecule has 0 atom stereocenters. The number of aliphatic hydroxyl groups excluding tert-OH is 1. The molecule has 0 unspecified atom stereocenters. The minimum Gasteiger partial charge on any atom is -0.490 e. The van der Waals surface area contributed by atoms with Gasteiger partial charge in [0.1, 0.15) is 12.4 Å². The topological polar surface area (TPSA) is 29.5 Å². The monoisotopic (exact) mass is 214 g/mol. The molecule has 0 spiro atoms. The molecule has 2 heteroatoms. The van der Waals surface area contributed by atoms with Crippen molar-refractivity contribution >= 4 is 10.8 Å². The maximum Gasteiger partial charge on any atom is 0.120 e. The largest absolute Gasteiger partial charge is 0.490 e. The number of hydrogen-bond donors (Lipinski definition) is 1. The lowest BCUT2D eigenvalue weighted by atomic mass is 10.1. The minimum atomic E-state index is 0.0632. The van der Waals surface area contributed by atoms with Gasteiger partial charge in [-0.3, -0.25) is 0 Å². The maximum absolute atomic E-state index is 9.06. The molecule has 0 radical (unpaired) electrons. The van der Waals surface area contributed by atoms with Crippen LogP contribution < -0.4 is 4.74 Å². The number of hydrogen-bond acceptors (Lipinski definition) is 2. The molecule has 0 aliphatic rings. The molecule has 2 aromatic carbocycles. The molecule has 0 saturated carbocycles. The Balaban J connectivity index is 2.38. The molecule has 16 heavy (non-hydrogen) atoms. The van der Waals surface area contributed by atoms with Crippen molar-refractivity contribution in [2.45, 2.75) is 6.61 Å². The van der Waals surface area contributed by atoms with E-state index < -0.39 is 0 Å². The predicted octanol–water partition coefficient (Wildman–Crippen LogP) is 2.90. The first-order valence-electron chi connectivity index (χ1n) is 5.21. The minimum absolute atomic E-state index is 0.0632. The third kappa shape index (κ3) is 2.23. The van der Waals surface area contributed by atoms with Gasteiger partial charge in [-0.25, -0.2) is 0 Å². The third-order valence-electron chi connectivity index (χ3n) is 2.43. The molecular formula is C14H14O2. The normalized spacial score (nSPS) is 10.3. The number of rotatable bonds is 4. The summed E-state index contributed by atoms with van der Waals surface area (Å²) in [5.74, 6) is 0.822. The number of benzene rings is 2. The second-order valence-corrected chi connectivity index (χ2v) is 3.60. The molecule has 0 heterocycles. The van der Waals surface area contributed by atoms with Crippen LogP contribution in [0, 0.1) is 0 Å². The summed E-state index contributed by atoms with van der Waals surface area (Å²) in [5.41, 5.74) is 0.911. The Bertz CT molecular complexity index is 503. The quantitative estimate of drug-likeness (QED) is 0.793. The SMILES string of the molecule is C=CCOc1ccc2ccc(CO)cc2c1. The summed E-state index contributed by atoms with van der Waals surface area (Å²) in [6.45, 7) is 4.18. The van der Waals surface area contributed by atoms with Gasteiger partial charge in [-0.1, -0.05) is 30.9 Å². The van der Waals surface area contributed by atoms with Gasteiger partial charge in [0, 0.05) is 0 Å². The van der Waals surface area contributed by atoms with Gasteiger partial charge in [0.2, 0.25) is 0 Å². The molecule has 0 aliphatic carbocycles. The molecule has 0 aliphatic heterocycles. The summed E-state index contributed by atoms with van der Waals surface area (Å²) >= 11 is 0. The van der Waals surface area contributed by atoms with Crippen molar-refractivity contribution in [3.8, 4) is 5.75 Å². The maximum atomic E-state index is 9.06. The highest BCUT2D eigenvalue weighted by Gasteiger charge is 1.98. The van der Waals surface area contributed by atoms with Gasteiger partial charge < -0.3 is 9.84 Å². The van der Waals surface area contributed by atoms with Gasteiger partial charge in [0.05, 0.1) is 6.61 Å². The molecule has 0 fully saturated rings. The van der Waals surface area contributed by atoms with Crippen LogP contribution in [0.25, 0.3) is 10.8 Å². The van der Waals surface area contributed by atoms with E-state index in [0.717, 1.165) is 22.1 Å². The van der Waals surface area contributed by atoms with Crippen LogP contribution in [0.2, 0.25) is 0 Å². The number of fused-ring (bicyclic) bond motifs is 1. The summed E-state index contributed by atoms with van der Waals surface area (Å²) in [4.78, 5) is 0. The Kier molecular flexibility index (Phi) is 3.22. The van der Waals surface area contributed by atoms with Gasteiger partial charge >= 0.3 is 0 Å². The Hall–Kier alpha value is -1.80. The average Bonchev–Trinajstić information content (AvgIpc) is 2.35. The van der Waals surface area contributed by atoms with Crippen LogP contribution in [0.5, 0.6) is 5.75 Å². The second kappa shape index (κ2) is 4.81. The molecule has 2 aromatic rings. The van der Waals surface area contributed by atoms with Crippen molar-refractivity contribution in [2.24, 2.45) is 0 Å². The van der Waals surface area contributed by atoms with E-state index in [0.29, 0.717) is 6.61 Å². The highest BCUT2D eigenvalue weighted by molar-refractivity contribution is 5.84. The third-order valence-corrected chi connectivity index (χ3v) is 2.43. The van der Waals surface area contributed by atoms with Crippen LogP contribution in [-0.2, 0) is 6.61 Å². The summed E-state index contributed by atoms with van der Waals surface area (Å²) < 4.78 is 5.46. The van der Waals surface area contributed by atoms with E-state index in [1.54, 1.807) is 6.08 Å². The number of ether oxygens (including phenoxy) is 1. The second-order valence-electron chi connectivity index (χ2n) is 3.60. The van der Waals surface area contributed by atoms with Crippen LogP contribution in [0.15, 0.2) is 49.1 Å². The standard InChI is InChI=1S/C14H14O2/c1-2-7-16-14-6-5-12-4-3-11(10-15)8-13(12)9-14/h2-6,8-9,15H,1,7,10H2. The summed E-state index contributed by atoms with van der Waals surface area (Å²) in [6, 6.07) is 11.8. The van der Waals surface area contributed by atoms with E-state index in [1.165, 1.54) is 0 Å². The van der Waals surface area contributed by atoms with Gasteiger partial charge in [-0.05, 0) is 34.5 Å². The van der Waals surface area contributed by atoms with E-state index >= 15 is 0 Å². The van der Waals surface area contributed by atoms with Crippen molar-refractivity contribution in [1.82, 2.24) is 0 Å². The van der Waals surface area contributed by atoms with Crippen LogP contribution in [0.1, 0.15) is 5.56 Å². The van der Waals surface area contributed by atoms with E-state index in [1.807, 2.05) is 36.4 Å². The zero-order chi connectivity index (χ0) is 11.4. The Morgan fingerprint density at radius 1 is 1.12 bits per heavy atom. The van der Waals surface area contributed by atoms with Gasteiger partial charge in [-0.2, -0.15) is 0 Å². The highest BCUT2D eigenvalue weighted by atomic mass is 16.5. The summed E-state index contributed by atoms with van der Waals surface area (Å²) in [6.07, 6.45) is 1.72. The molecule has 82 valence electrons. The van der Waals surface area contributed by atoms with Gasteiger partial charge in [0.15, 0.2) is 0 Å². The van der Waals surface area contributed by atoms with Crippen molar-refractivity contribution in [1.29, 1.82) is 0 Å². The molecule has 0 bridgehead atoms. The molecule has 2 nitrogen and oxygen atoms in total. The fourth-order valence-corrected chi connectivity index (χ4v) is 1.62. The molecule has 0 amide bonds. The predicted molar refractivity (Wildman–Crippen MR) is 65.6 cm³/mol. The van der Waals surface area contributed by atoms with Crippen LogP contribution in [0.3, 0.4) is 0 Å². The Morgan fingerprint density at radius 2 is 1.94 bits per heavy atom. The number of aliphatic hydroxyl groups is 1. The lowest BCUT2D eigenvalue weighted by Gasteiger charge is -2.05. The van der Waals surface area contributed by atoms with Crippen molar-refractivity contribution < 1.29 is 9.84 Å². The first kappa shape index (κ1) is 10.7. The Labute approximate surface area is 94.8 Å². The summed E-state index contributed by atoms with van der Waals surface area (Å²) in [5, 5.41) is 11.3. The molecular weight excluding hydrogens is 200 g/mol. The molecule has 1 N–H and O–H groups in total. The summed E-state index contributed by atoms with van der Waals surface area (Å²) in [7, 11) is 0. The molecule has 2 rings (SSSR count). The van der Waals surface area contributed by atoms with Crippen LogP contribution >= 0.6 is 0 Å². The fraction of sp³-hybridized carbons (Fsp3) is 0.143. The smallest absolute Gasteiger partial charge is 0.120 e. The zero-order valence-corrected chi connectivity index (χ0v) is 9.02. The van der Waals surface area contributed by atoms with E-state index in [-0.39, 0.29) is 6.61 Å². The molecule has 0 aromatic heterocycles. The first-order valence-corrected chi connectivity index (χ1v) is 5.21. The average molecular weight is 214 g/mol. The van der Waals surface area contributed by atoms with Crippen molar-refractivity contribution in [3.05, 3.63) is 54.6 Å². The van der Waals surface area contributed by atoms with Crippen molar-refractivity contribution in [3.63, 3.8) is 0 Å². The van der Waals surface area contributed by atoms with E-state index in [2.05, 4.69) is 6.58 Å². The lowest BCUT2D eigenvalue weighted by Crippen LogP contribution is -1.92. The van der Waals surface area contributed by atoms with Crippen LogP contribution in [0.4, 0.5) is 0 Å². The lowest BCUT2D eigenvalue weighted by molar-refractivity contribution is 0.282.